The Morgan fingerprint density at radius 3 is 2.44 bits per heavy atom. The van der Waals surface area contributed by atoms with Crippen molar-refractivity contribution in [1.82, 2.24) is 4.90 Å². The summed E-state index contributed by atoms with van der Waals surface area (Å²) in [4.78, 5) is 25.0. The molecule has 0 radical (unpaired) electrons. The van der Waals surface area contributed by atoms with E-state index in [0.717, 1.165) is 12.8 Å². The predicted molar refractivity (Wildman–Crippen MR) is 61.6 cm³/mol. The van der Waals surface area contributed by atoms with Gasteiger partial charge in [-0.3, -0.25) is 9.59 Å². The van der Waals surface area contributed by atoms with Gasteiger partial charge in [0.2, 0.25) is 0 Å². The zero-order valence-corrected chi connectivity index (χ0v) is 9.56. The van der Waals surface area contributed by atoms with E-state index in [0.29, 0.717) is 17.2 Å². The van der Waals surface area contributed by atoms with Crippen molar-refractivity contribution < 1.29 is 9.59 Å². The quantitative estimate of drug-likeness (QED) is 0.727. The van der Waals surface area contributed by atoms with Crippen molar-refractivity contribution in [3.63, 3.8) is 0 Å². The number of rotatable bonds is 3. The van der Waals surface area contributed by atoms with Crippen LogP contribution in [0.4, 0.5) is 0 Å². The van der Waals surface area contributed by atoms with Crippen molar-refractivity contribution in [2.24, 2.45) is 0 Å². The molecule has 84 valence electrons. The lowest BCUT2D eigenvalue weighted by atomic mass is 10.1. The molecule has 0 unspecified atom stereocenters. The second-order valence-electron chi connectivity index (χ2n) is 4.28. The molecule has 0 aromatic heterocycles. The van der Waals surface area contributed by atoms with Crippen molar-refractivity contribution in [2.75, 3.05) is 7.05 Å². The molecule has 0 atom stereocenters. The number of benzene rings is 1. The van der Waals surface area contributed by atoms with E-state index in [1.54, 1.807) is 29.2 Å². The number of Topliss-reactive ketones (excluding diaryl/α,β-unsaturated/α-hetero) is 1. The Kier molecular flexibility index (Phi) is 2.77. The molecule has 1 fully saturated rings. The number of amides is 1. The monoisotopic (exact) mass is 217 g/mol. The normalized spacial score (nSPS) is 14.6. The highest BCUT2D eigenvalue weighted by Gasteiger charge is 2.30. The van der Waals surface area contributed by atoms with E-state index in [1.807, 2.05) is 7.05 Å². The largest absolute Gasteiger partial charge is 0.339 e. The van der Waals surface area contributed by atoms with Crippen molar-refractivity contribution in [2.45, 2.75) is 25.8 Å². The van der Waals surface area contributed by atoms with E-state index in [1.165, 1.54) is 6.92 Å². The predicted octanol–water partition coefficient (Wildman–Crippen LogP) is 2.12. The van der Waals surface area contributed by atoms with Gasteiger partial charge in [-0.25, -0.2) is 0 Å². The van der Waals surface area contributed by atoms with Gasteiger partial charge in [-0.2, -0.15) is 0 Å². The van der Waals surface area contributed by atoms with Gasteiger partial charge in [-0.15, -0.1) is 0 Å². The second-order valence-corrected chi connectivity index (χ2v) is 4.28. The maximum atomic E-state index is 12.0. The molecule has 0 spiro atoms. The molecular weight excluding hydrogens is 202 g/mol. The Morgan fingerprint density at radius 2 is 1.88 bits per heavy atom. The van der Waals surface area contributed by atoms with Crippen molar-refractivity contribution in [3.8, 4) is 0 Å². The third-order valence-electron chi connectivity index (χ3n) is 2.93. The average Bonchev–Trinajstić information content (AvgIpc) is 3.11. The lowest BCUT2D eigenvalue weighted by Gasteiger charge is -2.16. The molecular formula is C13H15NO2. The Hall–Kier alpha value is -1.64. The van der Waals surface area contributed by atoms with E-state index in [-0.39, 0.29) is 11.7 Å². The first-order valence-electron chi connectivity index (χ1n) is 5.48. The minimum atomic E-state index is -0.0104. The third kappa shape index (κ3) is 2.13. The number of carbonyl (C=O) groups excluding carboxylic acids is 2. The second kappa shape index (κ2) is 4.08. The maximum absolute atomic E-state index is 12.0. The number of ketones is 1. The molecule has 1 aromatic carbocycles. The molecule has 3 heteroatoms. The number of nitrogens with zero attached hydrogens (tertiary/aromatic N) is 1. The molecule has 0 heterocycles. The molecule has 0 bridgehead atoms. The van der Waals surface area contributed by atoms with Crippen LogP contribution in [0, 0.1) is 0 Å². The van der Waals surface area contributed by atoms with Crippen LogP contribution in [0.2, 0.25) is 0 Å². The van der Waals surface area contributed by atoms with Crippen molar-refractivity contribution >= 4 is 11.7 Å². The summed E-state index contributed by atoms with van der Waals surface area (Å²) in [6.07, 6.45) is 2.18. The van der Waals surface area contributed by atoms with Gasteiger partial charge in [-0.1, -0.05) is 12.1 Å². The molecule has 1 aromatic rings. The minimum absolute atomic E-state index is 0.00519. The topological polar surface area (TPSA) is 37.4 Å². The molecule has 16 heavy (non-hydrogen) atoms. The lowest BCUT2D eigenvalue weighted by Crippen LogP contribution is -2.28. The molecule has 1 aliphatic rings. The van der Waals surface area contributed by atoms with Gasteiger partial charge in [0.1, 0.15) is 0 Å². The Labute approximate surface area is 95.1 Å². The molecule has 0 N–H and O–H groups in total. The fourth-order valence-electron chi connectivity index (χ4n) is 1.70. The zero-order chi connectivity index (χ0) is 11.7. The van der Waals surface area contributed by atoms with Gasteiger partial charge >= 0.3 is 0 Å². The minimum Gasteiger partial charge on any atom is -0.339 e. The number of hydrogen-bond acceptors (Lipinski definition) is 2. The standard InChI is InChI=1S/C13H15NO2/c1-9(15)10-4-3-5-11(8-10)13(16)14(2)12-6-7-12/h3-5,8,12H,6-7H2,1-2H3. The molecule has 0 saturated heterocycles. The molecule has 1 aliphatic carbocycles. The molecule has 0 aliphatic heterocycles. The highest BCUT2D eigenvalue weighted by Crippen LogP contribution is 2.26. The fourth-order valence-corrected chi connectivity index (χ4v) is 1.70. The highest BCUT2D eigenvalue weighted by atomic mass is 16.2. The van der Waals surface area contributed by atoms with Crippen molar-refractivity contribution in [3.05, 3.63) is 35.4 Å². The van der Waals surface area contributed by atoms with E-state index < -0.39 is 0 Å². The Morgan fingerprint density at radius 1 is 1.25 bits per heavy atom. The summed E-state index contributed by atoms with van der Waals surface area (Å²) in [6, 6.07) is 7.31. The smallest absolute Gasteiger partial charge is 0.253 e. The van der Waals surface area contributed by atoms with Gasteiger partial charge < -0.3 is 4.90 Å². The van der Waals surface area contributed by atoms with Crippen LogP contribution in [0.1, 0.15) is 40.5 Å². The number of carbonyl (C=O) groups is 2. The van der Waals surface area contributed by atoms with Gasteiger partial charge in [0.15, 0.2) is 5.78 Å². The highest BCUT2D eigenvalue weighted by molar-refractivity contribution is 5.99. The van der Waals surface area contributed by atoms with Crippen LogP contribution < -0.4 is 0 Å². The van der Waals surface area contributed by atoms with E-state index >= 15 is 0 Å². The zero-order valence-electron chi connectivity index (χ0n) is 9.56. The van der Waals surface area contributed by atoms with Crippen LogP contribution in [0.15, 0.2) is 24.3 Å². The van der Waals surface area contributed by atoms with E-state index in [9.17, 15) is 9.59 Å². The maximum Gasteiger partial charge on any atom is 0.253 e. The average molecular weight is 217 g/mol. The Balaban J connectivity index is 2.22. The molecule has 1 amide bonds. The van der Waals surface area contributed by atoms with E-state index in [2.05, 4.69) is 0 Å². The van der Waals surface area contributed by atoms with Gasteiger partial charge in [-0.05, 0) is 31.9 Å². The molecule has 2 rings (SSSR count). The van der Waals surface area contributed by atoms with Crippen LogP contribution in [-0.2, 0) is 0 Å². The summed E-state index contributed by atoms with van der Waals surface area (Å²) in [5, 5.41) is 0. The van der Waals surface area contributed by atoms with E-state index in [4.69, 9.17) is 0 Å². The van der Waals surface area contributed by atoms with Crippen molar-refractivity contribution in [1.29, 1.82) is 0 Å². The summed E-state index contributed by atoms with van der Waals surface area (Å²) in [5.41, 5.74) is 1.19. The third-order valence-corrected chi connectivity index (χ3v) is 2.93. The first kappa shape index (κ1) is 10.9. The van der Waals surface area contributed by atoms with Crippen LogP contribution in [0.3, 0.4) is 0 Å². The molecule has 3 nitrogen and oxygen atoms in total. The number of hydrogen-bond donors (Lipinski definition) is 0. The lowest BCUT2D eigenvalue weighted by molar-refractivity contribution is 0.0785. The van der Waals surface area contributed by atoms with Crippen LogP contribution >= 0.6 is 0 Å². The summed E-state index contributed by atoms with van der Waals surface area (Å²) >= 11 is 0. The van der Waals surface area contributed by atoms with Gasteiger partial charge in [0.05, 0.1) is 0 Å². The van der Waals surface area contributed by atoms with Crippen LogP contribution in [0.25, 0.3) is 0 Å². The first-order valence-corrected chi connectivity index (χ1v) is 5.48. The summed E-state index contributed by atoms with van der Waals surface area (Å²) in [7, 11) is 1.82. The Bertz CT molecular complexity index is 435. The SMILES string of the molecule is CC(=O)c1cccc(C(=O)N(C)C2CC2)c1. The van der Waals surface area contributed by atoms with Gasteiger partial charge in [0, 0.05) is 24.2 Å². The van der Waals surface area contributed by atoms with Crippen LogP contribution in [0.5, 0.6) is 0 Å². The van der Waals surface area contributed by atoms with Gasteiger partial charge in [0.25, 0.3) is 5.91 Å². The first-order chi connectivity index (χ1) is 7.59. The summed E-state index contributed by atoms with van der Waals surface area (Å²) < 4.78 is 0. The fraction of sp³-hybridized carbons (Fsp3) is 0.385. The summed E-state index contributed by atoms with van der Waals surface area (Å²) in [6.45, 7) is 1.51. The van der Waals surface area contributed by atoms with Crippen LogP contribution in [-0.4, -0.2) is 29.7 Å². The molecule has 1 saturated carbocycles. The summed E-state index contributed by atoms with van der Waals surface area (Å²) in [5.74, 6) is -0.00525.